The van der Waals surface area contributed by atoms with Crippen LogP contribution < -0.4 is 11.0 Å². The van der Waals surface area contributed by atoms with Crippen molar-refractivity contribution in [1.29, 1.82) is 0 Å². The van der Waals surface area contributed by atoms with Gasteiger partial charge in [-0.05, 0) is 47.5 Å². The Hall–Kier alpha value is -4.25. The number of pyridine rings is 2. The Bertz CT molecular complexity index is 1780. The smallest absolute Gasteiger partial charge is 0.265 e. The zero-order chi connectivity index (χ0) is 21.1. The molecule has 5 nitrogen and oxygen atoms in total. The van der Waals surface area contributed by atoms with Crippen LogP contribution in [0.3, 0.4) is 0 Å². The van der Waals surface area contributed by atoms with Crippen molar-refractivity contribution in [1.82, 2.24) is 14.0 Å². The van der Waals surface area contributed by atoms with Gasteiger partial charge in [-0.3, -0.25) is 14.0 Å². The molecule has 6 aromatic rings. The predicted molar refractivity (Wildman–Crippen MR) is 125 cm³/mol. The first-order chi connectivity index (χ1) is 15.1. The number of benzene rings is 3. The van der Waals surface area contributed by atoms with Gasteiger partial charge in [-0.2, -0.15) is 0 Å². The van der Waals surface area contributed by atoms with Crippen LogP contribution in [-0.2, 0) is 7.05 Å². The Kier molecular flexibility index (Phi) is 3.62. The Morgan fingerprint density at radius 1 is 0.710 bits per heavy atom. The lowest BCUT2D eigenvalue weighted by molar-refractivity contribution is 1.00. The minimum Gasteiger partial charge on any atom is -0.343 e. The highest BCUT2D eigenvalue weighted by Crippen LogP contribution is 2.26. The highest BCUT2D eigenvalue weighted by molar-refractivity contribution is 6.01. The fraction of sp³-hybridized carbons (Fsp3) is 0.0385. The fourth-order valence-electron chi connectivity index (χ4n) is 4.35. The maximum absolute atomic E-state index is 13.5. The summed E-state index contributed by atoms with van der Waals surface area (Å²) in [7, 11) is 1.92. The first-order valence-electron chi connectivity index (χ1n) is 10.0. The minimum absolute atomic E-state index is 0.0576. The number of hydrogen-bond donors (Lipinski definition) is 0. The molecule has 148 valence electrons. The Balaban J connectivity index is 1.74. The van der Waals surface area contributed by atoms with Gasteiger partial charge in [0.15, 0.2) is 5.43 Å². The Labute approximate surface area is 176 Å². The normalized spacial score (nSPS) is 11.6. The molecule has 3 aromatic carbocycles. The van der Waals surface area contributed by atoms with Gasteiger partial charge in [-0.1, -0.05) is 42.5 Å². The van der Waals surface area contributed by atoms with Crippen molar-refractivity contribution in [2.45, 2.75) is 0 Å². The van der Waals surface area contributed by atoms with E-state index >= 15 is 0 Å². The maximum atomic E-state index is 13.5. The van der Waals surface area contributed by atoms with E-state index in [1.54, 1.807) is 30.5 Å². The molecule has 0 atom stereocenters. The van der Waals surface area contributed by atoms with Crippen molar-refractivity contribution in [2.24, 2.45) is 7.05 Å². The van der Waals surface area contributed by atoms with E-state index in [2.05, 4.69) is 4.98 Å². The van der Waals surface area contributed by atoms with E-state index in [0.29, 0.717) is 32.8 Å². The van der Waals surface area contributed by atoms with E-state index < -0.39 is 0 Å². The Morgan fingerprint density at radius 3 is 2.32 bits per heavy atom. The first kappa shape index (κ1) is 17.6. The van der Waals surface area contributed by atoms with Gasteiger partial charge in [0.1, 0.15) is 5.65 Å². The largest absolute Gasteiger partial charge is 0.343 e. The van der Waals surface area contributed by atoms with Gasteiger partial charge >= 0.3 is 0 Å². The van der Waals surface area contributed by atoms with E-state index in [4.69, 9.17) is 0 Å². The van der Waals surface area contributed by atoms with Gasteiger partial charge in [0.05, 0.1) is 21.9 Å². The number of rotatable bonds is 1. The van der Waals surface area contributed by atoms with E-state index in [1.807, 2.05) is 66.2 Å². The molecule has 3 aromatic heterocycles. The summed E-state index contributed by atoms with van der Waals surface area (Å²) >= 11 is 0. The number of nitrogens with zero attached hydrogens (tertiary/aromatic N) is 3. The van der Waals surface area contributed by atoms with Gasteiger partial charge in [-0.25, -0.2) is 4.98 Å². The van der Waals surface area contributed by atoms with Crippen LogP contribution in [0.1, 0.15) is 0 Å². The van der Waals surface area contributed by atoms with Gasteiger partial charge in [0.25, 0.3) is 5.56 Å². The highest BCUT2D eigenvalue weighted by atomic mass is 16.1. The second-order valence-electron chi connectivity index (χ2n) is 7.72. The third-order valence-electron chi connectivity index (χ3n) is 5.95. The molecule has 0 saturated heterocycles. The van der Waals surface area contributed by atoms with E-state index in [-0.39, 0.29) is 11.0 Å². The molecule has 3 heterocycles. The van der Waals surface area contributed by atoms with Crippen LogP contribution in [0.4, 0.5) is 0 Å². The summed E-state index contributed by atoms with van der Waals surface area (Å²) in [6, 6.07) is 24.9. The summed E-state index contributed by atoms with van der Waals surface area (Å²) in [6.07, 6.45) is 1.71. The number of aryl methyl sites for hydroxylation is 1. The Morgan fingerprint density at radius 2 is 1.48 bits per heavy atom. The molecule has 31 heavy (non-hydrogen) atoms. The average molecular weight is 403 g/mol. The molecule has 0 aliphatic carbocycles. The molecule has 0 N–H and O–H groups in total. The van der Waals surface area contributed by atoms with Crippen molar-refractivity contribution < 1.29 is 0 Å². The molecule has 0 unspecified atom stereocenters. The molecular weight excluding hydrogens is 386 g/mol. The van der Waals surface area contributed by atoms with Gasteiger partial charge in [0.2, 0.25) is 0 Å². The molecule has 6 rings (SSSR count). The number of hydrogen-bond acceptors (Lipinski definition) is 3. The molecule has 0 amide bonds. The molecule has 0 bridgehead atoms. The quantitative estimate of drug-likeness (QED) is 0.379. The van der Waals surface area contributed by atoms with E-state index in [9.17, 15) is 9.59 Å². The maximum Gasteiger partial charge on any atom is 0.265 e. The summed E-state index contributed by atoms with van der Waals surface area (Å²) in [5.74, 6) is 0. The average Bonchev–Trinajstić information content (AvgIpc) is 2.82. The summed E-state index contributed by atoms with van der Waals surface area (Å²) < 4.78 is 3.50. The lowest BCUT2D eigenvalue weighted by atomic mass is 10.0. The summed E-state index contributed by atoms with van der Waals surface area (Å²) in [6.45, 7) is 0. The fourth-order valence-corrected chi connectivity index (χ4v) is 4.35. The monoisotopic (exact) mass is 403 g/mol. The SMILES string of the molecule is Cn1c2ccc(-c3ccccc3)cc2c(=O)c2cc3nc4ccccn4c(=O)c3cc21. The van der Waals surface area contributed by atoms with Crippen LogP contribution in [0, 0.1) is 0 Å². The highest BCUT2D eigenvalue weighted by Gasteiger charge is 2.14. The molecule has 0 radical (unpaired) electrons. The second-order valence-corrected chi connectivity index (χ2v) is 7.72. The van der Waals surface area contributed by atoms with Crippen molar-refractivity contribution in [3.63, 3.8) is 0 Å². The second kappa shape index (κ2) is 6.37. The van der Waals surface area contributed by atoms with Crippen molar-refractivity contribution in [3.8, 4) is 11.1 Å². The summed E-state index contributed by atoms with van der Waals surface area (Å²) in [4.78, 5) is 31.1. The van der Waals surface area contributed by atoms with E-state index in [0.717, 1.165) is 16.6 Å². The summed E-state index contributed by atoms with van der Waals surface area (Å²) in [5.41, 5.74) is 4.48. The van der Waals surface area contributed by atoms with Crippen molar-refractivity contribution in [3.05, 3.63) is 106 Å². The third kappa shape index (κ3) is 2.53. The van der Waals surface area contributed by atoms with Gasteiger partial charge < -0.3 is 4.57 Å². The topological polar surface area (TPSA) is 56.4 Å². The lowest BCUT2D eigenvalue weighted by Gasteiger charge is -2.13. The lowest BCUT2D eigenvalue weighted by Crippen LogP contribution is -2.16. The number of fused-ring (bicyclic) bond motifs is 4. The summed E-state index contributed by atoms with van der Waals surface area (Å²) in [5, 5.41) is 1.69. The zero-order valence-corrected chi connectivity index (χ0v) is 16.7. The molecule has 5 heteroatoms. The van der Waals surface area contributed by atoms with Gasteiger partial charge in [-0.15, -0.1) is 0 Å². The third-order valence-corrected chi connectivity index (χ3v) is 5.95. The van der Waals surface area contributed by atoms with Crippen LogP contribution in [-0.4, -0.2) is 14.0 Å². The van der Waals surface area contributed by atoms with E-state index in [1.165, 1.54) is 4.40 Å². The first-order valence-corrected chi connectivity index (χ1v) is 10.0. The molecular formula is C26H17N3O2. The van der Waals surface area contributed by atoms with Gasteiger partial charge in [0, 0.05) is 24.0 Å². The van der Waals surface area contributed by atoms with Crippen LogP contribution in [0.2, 0.25) is 0 Å². The standard InChI is InChI=1S/C26H17N3O2/c1-28-22-11-10-17(16-7-3-2-4-8-16)13-19(22)25(30)20-14-21-18(15-23(20)28)26(31)29-12-6-5-9-24(29)27-21/h2-15H,1H3. The van der Waals surface area contributed by atoms with Crippen LogP contribution in [0.15, 0.2) is 94.6 Å². The molecule has 0 spiro atoms. The molecule has 0 fully saturated rings. The molecule has 0 aliphatic rings. The molecule has 0 aliphatic heterocycles. The van der Waals surface area contributed by atoms with Crippen LogP contribution >= 0.6 is 0 Å². The predicted octanol–water partition coefficient (Wildman–Crippen LogP) is 4.52. The van der Waals surface area contributed by atoms with Crippen molar-refractivity contribution in [2.75, 3.05) is 0 Å². The zero-order valence-electron chi connectivity index (χ0n) is 16.7. The van der Waals surface area contributed by atoms with Crippen LogP contribution in [0.5, 0.6) is 0 Å². The molecule has 0 saturated carbocycles. The van der Waals surface area contributed by atoms with Crippen molar-refractivity contribution >= 4 is 38.4 Å². The van der Waals surface area contributed by atoms with Crippen LogP contribution in [0.25, 0.3) is 49.5 Å². The number of aromatic nitrogens is 3. The minimum atomic E-state index is -0.144.